The summed E-state index contributed by atoms with van der Waals surface area (Å²) in [7, 11) is 1.05. The summed E-state index contributed by atoms with van der Waals surface area (Å²) in [5.41, 5.74) is 0. The van der Waals surface area contributed by atoms with Gasteiger partial charge in [0.15, 0.2) is 0 Å². The van der Waals surface area contributed by atoms with Crippen LogP contribution in [0.4, 0.5) is 0 Å². The van der Waals surface area contributed by atoms with E-state index in [1.165, 1.54) is 7.11 Å². The summed E-state index contributed by atoms with van der Waals surface area (Å²) in [5, 5.41) is 0. The number of carbonyl (C=O) groups is 1. The second-order valence-corrected chi connectivity index (χ2v) is 5.90. The lowest BCUT2D eigenvalue weighted by Gasteiger charge is -2.28. The molecule has 1 aliphatic rings. The van der Waals surface area contributed by atoms with Crippen LogP contribution in [0, 0.1) is 0 Å². The van der Waals surface area contributed by atoms with Gasteiger partial charge in [-0.2, -0.15) is 0 Å². The van der Waals surface area contributed by atoms with Crippen LogP contribution >= 0.6 is 0 Å². The minimum atomic E-state index is -2.02. The van der Waals surface area contributed by atoms with Crippen molar-refractivity contribution in [2.75, 3.05) is 45.4 Å². The van der Waals surface area contributed by atoms with Crippen LogP contribution in [0.25, 0.3) is 0 Å². The fraction of sp³-hybridized carbons (Fsp3) is 0.875. The van der Waals surface area contributed by atoms with E-state index in [2.05, 4.69) is 4.36 Å². The van der Waals surface area contributed by atoms with Crippen LogP contribution in [0.15, 0.2) is 4.36 Å². The molecule has 1 amide bonds. The Kier molecular flexibility index (Phi) is 3.88. The summed E-state index contributed by atoms with van der Waals surface area (Å²) in [6.07, 6.45) is 0. The number of ether oxygens (including phenoxy) is 1. The van der Waals surface area contributed by atoms with Gasteiger partial charge >= 0.3 is 0 Å². The normalized spacial score (nSPS) is 20.6. The highest BCUT2D eigenvalue weighted by atomic mass is 32.2. The molecule has 0 aromatic carbocycles. The second-order valence-electron chi connectivity index (χ2n) is 3.18. The van der Waals surface area contributed by atoms with Gasteiger partial charge in [-0.25, -0.2) is 8.57 Å². The molecule has 0 saturated carbocycles. The van der Waals surface area contributed by atoms with Crippen molar-refractivity contribution in [1.82, 2.24) is 4.90 Å². The first-order chi connectivity index (χ1) is 6.61. The van der Waals surface area contributed by atoms with Gasteiger partial charge in [0, 0.05) is 48.5 Å². The Bertz CT molecular complexity index is 307. The molecule has 0 aromatic rings. The molecule has 0 aliphatic carbocycles. The van der Waals surface area contributed by atoms with Gasteiger partial charge in [-0.1, -0.05) is 0 Å². The van der Waals surface area contributed by atoms with E-state index in [1.807, 2.05) is 0 Å². The van der Waals surface area contributed by atoms with Crippen LogP contribution in [0.5, 0.6) is 0 Å². The largest absolute Gasteiger partial charge is 0.375 e. The molecule has 0 bridgehead atoms. The molecule has 1 rings (SSSR count). The molecule has 0 spiro atoms. The van der Waals surface area contributed by atoms with E-state index < -0.39 is 9.73 Å². The van der Waals surface area contributed by atoms with E-state index in [0.29, 0.717) is 24.6 Å². The molecule has 82 valence electrons. The Hall–Kier alpha value is -0.620. The summed E-state index contributed by atoms with van der Waals surface area (Å²) < 4.78 is 20.4. The monoisotopic (exact) mass is 220 g/mol. The zero-order chi connectivity index (χ0) is 10.6. The van der Waals surface area contributed by atoms with Crippen molar-refractivity contribution in [3.63, 3.8) is 0 Å². The third-order valence-electron chi connectivity index (χ3n) is 2.31. The number of hydrogen-bond acceptors (Lipinski definition) is 4. The number of carbonyl (C=O) groups excluding carboxylic acids is 1. The number of hydrogen-bond donors (Lipinski definition) is 0. The first-order valence-corrected chi connectivity index (χ1v) is 6.34. The molecular formula is C8H16N2O3S. The number of methoxy groups -OCH3 is 1. The highest BCUT2D eigenvalue weighted by Crippen LogP contribution is 2.06. The molecule has 0 unspecified atom stereocenters. The highest BCUT2D eigenvalue weighted by molar-refractivity contribution is 7.93. The molecule has 1 saturated heterocycles. The lowest BCUT2D eigenvalue weighted by Crippen LogP contribution is -2.44. The number of nitrogens with zero attached hydrogens (tertiary/aromatic N) is 2. The Morgan fingerprint density at radius 2 is 2.07 bits per heavy atom. The van der Waals surface area contributed by atoms with Crippen molar-refractivity contribution < 1.29 is 13.7 Å². The van der Waals surface area contributed by atoms with Crippen LogP contribution in [0.1, 0.15) is 0 Å². The third-order valence-corrected chi connectivity index (χ3v) is 4.62. The maximum atomic E-state index is 11.8. The molecule has 1 heterocycles. The average Bonchev–Trinajstić information content (AvgIpc) is 2.19. The molecule has 1 fully saturated rings. The molecule has 5 nitrogen and oxygen atoms in total. The molecular weight excluding hydrogens is 204 g/mol. The smallest absolute Gasteiger partial charge is 0.248 e. The SMILES string of the molecule is CN=S1(=O)CCN(C(=O)COC)CC1. The molecule has 14 heavy (non-hydrogen) atoms. The minimum Gasteiger partial charge on any atom is -0.375 e. The van der Waals surface area contributed by atoms with E-state index in [1.54, 1.807) is 11.9 Å². The van der Waals surface area contributed by atoms with Crippen LogP contribution in [0.3, 0.4) is 0 Å². The summed E-state index contributed by atoms with van der Waals surface area (Å²) in [6, 6.07) is 0. The standard InChI is InChI=1S/C8H16N2O3S/c1-9-14(12)5-3-10(4-6-14)8(11)7-13-2/h3-7H2,1-2H3. The summed E-state index contributed by atoms with van der Waals surface area (Å²) in [4.78, 5) is 13.1. The van der Waals surface area contributed by atoms with Crippen LogP contribution in [0.2, 0.25) is 0 Å². The van der Waals surface area contributed by atoms with Crippen molar-refractivity contribution >= 4 is 15.6 Å². The molecule has 1 aliphatic heterocycles. The second kappa shape index (κ2) is 4.75. The molecule has 0 atom stereocenters. The van der Waals surface area contributed by atoms with Crippen LogP contribution in [-0.2, 0) is 19.3 Å². The van der Waals surface area contributed by atoms with Gasteiger partial charge in [-0.3, -0.25) is 4.79 Å². The lowest BCUT2D eigenvalue weighted by atomic mass is 10.4. The van der Waals surface area contributed by atoms with Gasteiger partial charge < -0.3 is 9.64 Å². The maximum absolute atomic E-state index is 11.8. The predicted octanol–water partition coefficient (Wildman–Crippen LogP) is -0.427. The van der Waals surface area contributed by atoms with E-state index >= 15 is 0 Å². The molecule has 0 aromatic heterocycles. The predicted molar refractivity (Wildman–Crippen MR) is 54.7 cm³/mol. The van der Waals surface area contributed by atoms with Gasteiger partial charge in [-0.15, -0.1) is 0 Å². The summed E-state index contributed by atoms with van der Waals surface area (Å²) in [6.45, 7) is 1.15. The fourth-order valence-corrected chi connectivity index (χ4v) is 2.95. The van der Waals surface area contributed by atoms with Crippen molar-refractivity contribution in [3.8, 4) is 0 Å². The fourth-order valence-electron chi connectivity index (χ4n) is 1.37. The molecule has 0 radical (unpaired) electrons. The Morgan fingerprint density at radius 3 is 2.50 bits per heavy atom. The zero-order valence-electron chi connectivity index (χ0n) is 8.56. The minimum absolute atomic E-state index is 0.0370. The number of rotatable bonds is 2. The average molecular weight is 220 g/mol. The van der Waals surface area contributed by atoms with Crippen molar-refractivity contribution in [1.29, 1.82) is 0 Å². The zero-order valence-corrected chi connectivity index (χ0v) is 9.38. The Balaban J connectivity index is 2.51. The maximum Gasteiger partial charge on any atom is 0.248 e. The van der Waals surface area contributed by atoms with Crippen LogP contribution in [-0.4, -0.2) is 60.4 Å². The van der Waals surface area contributed by atoms with E-state index in [0.717, 1.165) is 0 Å². The Labute approximate surface area is 84.6 Å². The number of amides is 1. The van der Waals surface area contributed by atoms with E-state index in [4.69, 9.17) is 4.74 Å². The third kappa shape index (κ3) is 2.68. The molecule has 6 heteroatoms. The molecule has 0 N–H and O–H groups in total. The quantitative estimate of drug-likeness (QED) is 0.634. The van der Waals surface area contributed by atoms with Gasteiger partial charge in [0.2, 0.25) is 5.91 Å². The van der Waals surface area contributed by atoms with Gasteiger partial charge in [0.1, 0.15) is 6.61 Å². The van der Waals surface area contributed by atoms with Gasteiger partial charge in [-0.05, 0) is 0 Å². The lowest BCUT2D eigenvalue weighted by molar-refractivity contribution is -0.134. The summed E-state index contributed by atoms with van der Waals surface area (Å²) >= 11 is 0. The topological polar surface area (TPSA) is 59.0 Å². The van der Waals surface area contributed by atoms with Crippen LogP contribution < -0.4 is 0 Å². The first-order valence-electron chi connectivity index (χ1n) is 4.48. The van der Waals surface area contributed by atoms with Crippen molar-refractivity contribution in [3.05, 3.63) is 0 Å². The van der Waals surface area contributed by atoms with E-state index in [-0.39, 0.29) is 12.5 Å². The van der Waals surface area contributed by atoms with Gasteiger partial charge in [0.25, 0.3) is 0 Å². The van der Waals surface area contributed by atoms with Gasteiger partial charge in [0.05, 0.1) is 0 Å². The Morgan fingerprint density at radius 1 is 1.50 bits per heavy atom. The first kappa shape index (κ1) is 11.5. The van der Waals surface area contributed by atoms with Crippen molar-refractivity contribution in [2.45, 2.75) is 0 Å². The highest BCUT2D eigenvalue weighted by Gasteiger charge is 2.22. The van der Waals surface area contributed by atoms with Crippen molar-refractivity contribution in [2.24, 2.45) is 4.36 Å². The summed E-state index contributed by atoms with van der Waals surface area (Å²) in [5.74, 6) is 0.933. The van der Waals surface area contributed by atoms with E-state index in [9.17, 15) is 9.00 Å².